The second kappa shape index (κ2) is 5.29. The van der Waals surface area contributed by atoms with E-state index in [9.17, 15) is 13.6 Å². The van der Waals surface area contributed by atoms with Gasteiger partial charge in [0.05, 0.1) is 13.1 Å². The van der Waals surface area contributed by atoms with E-state index in [1.807, 2.05) is 13.8 Å². The van der Waals surface area contributed by atoms with Crippen LogP contribution >= 0.6 is 0 Å². The summed E-state index contributed by atoms with van der Waals surface area (Å²) in [5.41, 5.74) is 4.83. The average molecular weight is 248 g/mol. The Morgan fingerprint density at radius 3 is 2.65 bits per heavy atom. The molecule has 1 atom stereocenters. The average Bonchev–Trinajstić information content (AvgIpc) is 2.25. The Hall–Kier alpha value is -0.710. The molecule has 1 fully saturated rings. The number of carbonyl (C=O) groups excluding carboxylic acids is 1. The van der Waals surface area contributed by atoms with E-state index in [0.29, 0.717) is 0 Å². The molecular weight excluding hydrogens is 226 g/mol. The highest BCUT2D eigenvalue weighted by atomic mass is 19.3. The maximum Gasteiger partial charge on any atom is 0.277 e. The lowest BCUT2D eigenvalue weighted by atomic mass is 9.68. The van der Waals surface area contributed by atoms with E-state index >= 15 is 0 Å². The van der Waals surface area contributed by atoms with Gasteiger partial charge in [-0.25, -0.2) is 8.78 Å². The first-order valence-corrected chi connectivity index (χ1v) is 6.14. The number of halogens is 2. The van der Waals surface area contributed by atoms with E-state index in [1.165, 1.54) is 0 Å². The smallest absolute Gasteiger partial charge is 0.277 e. The Morgan fingerprint density at radius 2 is 2.12 bits per heavy atom. The van der Waals surface area contributed by atoms with Gasteiger partial charge in [0, 0.05) is 5.92 Å². The molecule has 0 aromatic rings. The van der Waals surface area contributed by atoms with Crippen LogP contribution in [0.1, 0.15) is 39.5 Å². The third kappa shape index (κ3) is 3.91. The molecule has 0 aromatic heterocycles. The molecule has 5 heteroatoms. The Labute approximate surface area is 101 Å². The summed E-state index contributed by atoms with van der Waals surface area (Å²) in [6, 6.07) is 0. The SMILES string of the molecule is CC1(C)CCCCC1C(=O)NCC(F)(F)CN. The highest BCUT2D eigenvalue weighted by Gasteiger charge is 2.38. The van der Waals surface area contributed by atoms with Crippen molar-refractivity contribution in [1.82, 2.24) is 5.32 Å². The van der Waals surface area contributed by atoms with E-state index in [0.717, 1.165) is 25.7 Å². The van der Waals surface area contributed by atoms with Gasteiger partial charge >= 0.3 is 0 Å². The number of nitrogens with two attached hydrogens (primary N) is 1. The summed E-state index contributed by atoms with van der Waals surface area (Å²) in [6.45, 7) is 2.66. The lowest BCUT2D eigenvalue weighted by Gasteiger charge is -2.37. The van der Waals surface area contributed by atoms with E-state index in [2.05, 4.69) is 5.32 Å². The highest BCUT2D eigenvalue weighted by Crippen LogP contribution is 2.40. The van der Waals surface area contributed by atoms with Gasteiger partial charge < -0.3 is 11.1 Å². The van der Waals surface area contributed by atoms with Crippen molar-refractivity contribution in [3.05, 3.63) is 0 Å². The summed E-state index contributed by atoms with van der Waals surface area (Å²) in [7, 11) is 0. The van der Waals surface area contributed by atoms with E-state index in [4.69, 9.17) is 5.73 Å². The second-order valence-electron chi connectivity index (χ2n) is 5.56. The molecule has 1 unspecified atom stereocenters. The van der Waals surface area contributed by atoms with Gasteiger partial charge in [-0.1, -0.05) is 26.7 Å². The van der Waals surface area contributed by atoms with Crippen LogP contribution in [0.2, 0.25) is 0 Å². The standard InChI is InChI=1S/C12H22F2N2O/c1-11(2)6-4-3-5-9(11)10(17)16-8-12(13,14)7-15/h9H,3-8,15H2,1-2H3,(H,16,17). The van der Waals surface area contributed by atoms with E-state index in [-0.39, 0.29) is 17.2 Å². The largest absolute Gasteiger partial charge is 0.350 e. The molecule has 17 heavy (non-hydrogen) atoms. The molecule has 0 aliphatic heterocycles. The van der Waals surface area contributed by atoms with Gasteiger partial charge in [-0.05, 0) is 18.3 Å². The molecule has 1 amide bonds. The lowest BCUT2D eigenvalue weighted by molar-refractivity contribution is -0.132. The van der Waals surface area contributed by atoms with Crippen LogP contribution in [-0.2, 0) is 4.79 Å². The van der Waals surface area contributed by atoms with E-state index in [1.54, 1.807) is 0 Å². The van der Waals surface area contributed by atoms with Gasteiger partial charge in [-0.2, -0.15) is 0 Å². The molecule has 0 spiro atoms. The topological polar surface area (TPSA) is 55.1 Å². The molecule has 1 saturated carbocycles. The minimum Gasteiger partial charge on any atom is -0.350 e. The van der Waals surface area contributed by atoms with Crippen molar-refractivity contribution in [2.75, 3.05) is 13.1 Å². The van der Waals surface area contributed by atoms with Crippen LogP contribution in [0.4, 0.5) is 8.78 Å². The molecule has 1 rings (SSSR count). The Morgan fingerprint density at radius 1 is 1.47 bits per heavy atom. The summed E-state index contributed by atoms with van der Waals surface area (Å²) in [4.78, 5) is 11.9. The maximum absolute atomic E-state index is 12.9. The van der Waals surface area contributed by atoms with Crippen LogP contribution in [0.15, 0.2) is 0 Å². The Kier molecular flexibility index (Phi) is 4.47. The number of alkyl halides is 2. The summed E-state index contributed by atoms with van der Waals surface area (Å²) in [6.07, 6.45) is 3.86. The molecule has 100 valence electrons. The molecule has 0 heterocycles. The fourth-order valence-electron chi connectivity index (χ4n) is 2.39. The van der Waals surface area contributed by atoms with Crippen molar-refractivity contribution in [3.63, 3.8) is 0 Å². The van der Waals surface area contributed by atoms with Crippen molar-refractivity contribution in [1.29, 1.82) is 0 Å². The van der Waals surface area contributed by atoms with Crippen LogP contribution in [0.3, 0.4) is 0 Å². The van der Waals surface area contributed by atoms with Gasteiger partial charge in [0.15, 0.2) is 0 Å². The molecule has 0 bridgehead atoms. The zero-order chi connectivity index (χ0) is 13.1. The fourth-order valence-corrected chi connectivity index (χ4v) is 2.39. The first-order valence-electron chi connectivity index (χ1n) is 6.14. The van der Waals surface area contributed by atoms with E-state index < -0.39 is 19.0 Å². The molecule has 0 saturated heterocycles. The number of nitrogens with one attached hydrogen (secondary N) is 1. The van der Waals surface area contributed by atoms with Gasteiger partial charge in [-0.15, -0.1) is 0 Å². The Balaban J connectivity index is 2.52. The molecule has 1 aliphatic rings. The maximum atomic E-state index is 12.9. The van der Waals surface area contributed by atoms with Crippen LogP contribution in [0.5, 0.6) is 0 Å². The molecular formula is C12H22F2N2O. The van der Waals surface area contributed by atoms with Gasteiger partial charge in [0.1, 0.15) is 0 Å². The van der Waals surface area contributed by atoms with Crippen molar-refractivity contribution >= 4 is 5.91 Å². The van der Waals surface area contributed by atoms with Crippen molar-refractivity contribution in [2.24, 2.45) is 17.1 Å². The molecule has 0 aromatic carbocycles. The third-order valence-corrected chi connectivity index (χ3v) is 3.64. The molecule has 0 radical (unpaired) electrons. The molecule has 1 aliphatic carbocycles. The summed E-state index contributed by atoms with van der Waals surface area (Å²) in [5.74, 6) is -3.43. The van der Waals surface area contributed by atoms with Crippen molar-refractivity contribution in [2.45, 2.75) is 45.5 Å². The lowest BCUT2D eigenvalue weighted by Crippen LogP contribution is -2.47. The minimum atomic E-state index is -3.01. The molecule has 3 nitrogen and oxygen atoms in total. The summed E-state index contributed by atoms with van der Waals surface area (Å²) in [5, 5.41) is 2.33. The first-order chi connectivity index (χ1) is 7.78. The zero-order valence-corrected chi connectivity index (χ0v) is 10.6. The Bertz CT molecular complexity index is 280. The van der Waals surface area contributed by atoms with Gasteiger partial charge in [-0.3, -0.25) is 4.79 Å². The zero-order valence-electron chi connectivity index (χ0n) is 10.6. The normalized spacial score (nSPS) is 24.4. The third-order valence-electron chi connectivity index (χ3n) is 3.64. The van der Waals surface area contributed by atoms with Crippen molar-refractivity contribution in [3.8, 4) is 0 Å². The number of hydrogen-bond acceptors (Lipinski definition) is 2. The van der Waals surface area contributed by atoms with Crippen LogP contribution in [0.25, 0.3) is 0 Å². The van der Waals surface area contributed by atoms with Crippen LogP contribution in [-0.4, -0.2) is 24.9 Å². The predicted octanol–water partition coefficient (Wildman–Crippen LogP) is 1.91. The number of hydrogen-bond donors (Lipinski definition) is 2. The summed E-state index contributed by atoms with van der Waals surface area (Å²) < 4.78 is 25.9. The van der Waals surface area contributed by atoms with Crippen LogP contribution < -0.4 is 11.1 Å². The molecule has 3 N–H and O–H groups in total. The number of carbonyl (C=O) groups is 1. The highest BCUT2D eigenvalue weighted by molar-refractivity contribution is 5.79. The van der Waals surface area contributed by atoms with Gasteiger partial charge in [0.25, 0.3) is 5.92 Å². The quantitative estimate of drug-likeness (QED) is 0.798. The number of amides is 1. The number of rotatable bonds is 4. The van der Waals surface area contributed by atoms with Gasteiger partial charge in [0.2, 0.25) is 5.91 Å². The first kappa shape index (κ1) is 14.4. The monoisotopic (exact) mass is 248 g/mol. The van der Waals surface area contributed by atoms with Crippen LogP contribution in [0, 0.1) is 11.3 Å². The predicted molar refractivity (Wildman–Crippen MR) is 62.8 cm³/mol. The fraction of sp³-hybridized carbons (Fsp3) is 0.917. The second-order valence-corrected chi connectivity index (χ2v) is 5.56. The minimum absolute atomic E-state index is 0.0969. The van der Waals surface area contributed by atoms with Crippen molar-refractivity contribution < 1.29 is 13.6 Å². The summed E-state index contributed by atoms with van der Waals surface area (Å²) >= 11 is 0.